The molecule has 22 heavy (non-hydrogen) atoms. The summed E-state index contributed by atoms with van der Waals surface area (Å²) in [5.41, 5.74) is 1.08. The van der Waals surface area contributed by atoms with Gasteiger partial charge in [-0.3, -0.25) is 14.4 Å². The minimum atomic E-state index is -0.194. The number of halogens is 1. The van der Waals surface area contributed by atoms with Gasteiger partial charge in [0.15, 0.2) is 0 Å². The van der Waals surface area contributed by atoms with Gasteiger partial charge in [-0.05, 0) is 12.8 Å². The van der Waals surface area contributed by atoms with Crippen LogP contribution in [0.15, 0.2) is 0 Å². The van der Waals surface area contributed by atoms with E-state index in [1.165, 1.54) is 4.68 Å². The molecule has 0 radical (unpaired) electrons. The molecule has 124 valence electrons. The van der Waals surface area contributed by atoms with Crippen molar-refractivity contribution in [2.24, 2.45) is 13.0 Å². The highest BCUT2D eigenvalue weighted by atomic mass is 35.5. The molecule has 0 aliphatic carbocycles. The third-order valence-electron chi connectivity index (χ3n) is 3.72. The number of amides is 1. The average molecular weight is 329 g/mol. The number of ether oxygens (including phenoxy) is 1. The van der Waals surface area contributed by atoms with Crippen LogP contribution in [-0.4, -0.2) is 59.5 Å². The predicted molar refractivity (Wildman–Crippen MR) is 86.3 cm³/mol. The van der Waals surface area contributed by atoms with Gasteiger partial charge in [0.2, 0.25) is 0 Å². The number of hydrogen-bond acceptors (Lipinski definition) is 4. The van der Waals surface area contributed by atoms with Gasteiger partial charge in [-0.1, -0.05) is 25.4 Å². The van der Waals surface area contributed by atoms with E-state index in [0.717, 1.165) is 19.6 Å². The predicted octanol–water partition coefficient (Wildman–Crippen LogP) is 1.47. The topological polar surface area (TPSA) is 59.4 Å². The Morgan fingerprint density at radius 1 is 1.55 bits per heavy atom. The molecule has 1 saturated heterocycles. The number of carbonyl (C=O) groups excluding carboxylic acids is 1. The molecule has 0 saturated carbocycles. The molecule has 2 heterocycles. The molecular weight excluding hydrogens is 304 g/mol. The second-order valence-electron chi connectivity index (χ2n) is 6.23. The summed E-state index contributed by atoms with van der Waals surface area (Å²) in [5, 5.41) is 7.43. The van der Waals surface area contributed by atoms with Crippen LogP contribution in [0.2, 0.25) is 5.15 Å². The molecule has 0 aromatic carbocycles. The normalized spacial score (nSPS) is 19.6. The van der Waals surface area contributed by atoms with Gasteiger partial charge in [0.05, 0.1) is 24.0 Å². The van der Waals surface area contributed by atoms with Crippen LogP contribution >= 0.6 is 11.6 Å². The number of nitrogens with zero attached hydrogens (tertiary/aromatic N) is 3. The van der Waals surface area contributed by atoms with Crippen molar-refractivity contribution >= 4 is 17.5 Å². The Morgan fingerprint density at radius 3 is 2.86 bits per heavy atom. The van der Waals surface area contributed by atoms with Crippen molar-refractivity contribution in [1.29, 1.82) is 0 Å². The summed E-state index contributed by atoms with van der Waals surface area (Å²) in [5.74, 6) is 0.436. The second kappa shape index (κ2) is 7.44. The molecule has 1 amide bonds. The van der Waals surface area contributed by atoms with Crippen LogP contribution in [0, 0.1) is 12.8 Å². The summed E-state index contributed by atoms with van der Waals surface area (Å²) < 4.78 is 7.24. The van der Waals surface area contributed by atoms with E-state index in [9.17, 15) is 4.79 Å². The number of aryl methyl sites for hydroxylation is 2. The van der Waals surface area contributed by atoms with Crippen LogP contribution in [-0.2, 0) is 11.8 Å². The fourth-order valence-corrected chi connectivity index (χ4v) is 3.03. The van der Waals surface area contributed by atoms with Crippen molar-refractivity contribution in [2.75, 3.05) is 32.8 Å². The largest absolute Gasteiger partial charge is 0.374 e. The zero-order chi connectivity index (χ0) is 16.3. The molecule has 2 rings (SSSR count). The van der Waals surface area contributed by atoms with E-state index >= 15 is 0 Å². The van der Waals surface area contributed by atoms with Gasteiger partial charge in [0.25, 0.3) is 5.91 Å². The highest BCUT2D eigenvalue weighted by Crippen LogP contribution is 2.18. The zero-order valence-corrected chi connectivity index (χ0v) is 14.5. The van der Waals surface area contributed by atoms with Crippen molar-refractivity contribution < 1.29 is 9.53 Å². The Hall–Kier alpha value is -1.11. The van der Waals surface area contributed by atoms with E-state index in [2.05, 4.69) is 29.2 Å². The Bertz CT molecular complexity index is 530. The lowest BCUT2D eigenvalue weighted by Gasteiger charge is -2.33. The molecule has 0 spiro atoms. The van der Waals surface area contributed by atoms with E-state index in [-0.39, 0.29) is 12.0 Å². The Morgan fingerprint density at radius 2 is 2.27 bits per heavy atom. The quantitative estimate of drug-likeness (QED) is 0.889. The molecule has 6 nitrogen and oxygen atoms in total. The number of nitrogens with one attached hydrogen (secondary N) is 1. The van der Waals surface area contributed by atoms with Gasteiger partial charge in [0, 0.05) is 33.2 Å². The lowest BCUT2D eigenvalue weighted by Crippen LogP contribution is -2.48. The van der Waals surface area contributed by atoms with Gasteiger partial charge in [-0.2, -0.15) is 5.10 Å². The summed E-state index contributed by atoms with van der Waals surface area (Å²) in [7, 11) is 1.72. The molecule has 1 aliphatic heterocycles. The maximum absolute atomic E-state index is 12.3. The van der Waals surface area contributed by atoms with Crippen LogP contribution in [0.1, 0.15) is 29.9 Å². The first-order valence-corrected chi connectivity index (χ1v) is 8.07. The molecule has 7 heteroatoms. The smallest absolute Gasteiger partial charge is 0.256 e. The monoisotopic (exact) mass is 328 g/mol. The summed E-state index contributed by atoms with van der Waals surface area (Å²) >= 11 is 6.11. The fraction of sp³-hybridized carbons (Fsp3) is 0.733. The zero-order valence-electron chi connectivity index (χ0n) is 13.7. The molecule has 1 fully saturated rings. The Labute approximate surface area is 136 Å². The summed E-state index contributed by atoms with van der Waals surface area (Å²) in [6.07, 6.45) is 0.0206. The average Bonchev–Trinajstić information content (AvgIpc) is 2.69. The van der Waals surface area contributed by atoms with E-state index < -0.39 is 0 Å². The van der Waals surface area contributed by atoms with Crippen molar-refractivity contribution in [3.05, 3.63) is 16.4 Å². The molecule has 0 unspecified atom stereocenters. The van der Waals surface area contributed by atoms with E-state index in [1.807, 2.05) is 0 Å². The van der Waals surface area contributed by atoms with Crippen molar-refractivity contribution in [3.63, 3.8) is 0 Å². The van der Waals surface area contributed by atoms with E-state index in [0.29, 0.717) is 35.5 Å². The fourth-order valence-electron chi connectivity index (χ4n) is 2.77. The third kappa shape index (κ3) is 4.21. The van der Waals surface area contributed by atoms with Crippen LogP contribution in [0.3, 0.4) is 0 Å². The number of aromatic nitrogens is 2. The highest BCUT2D eigenvalue weighted by Gasteiger charge is 2.23. The van der Waals surface area contributed by atoms with E-state index in [1.54, 1.807) is 14.0 Å². The van der Waals surface area contributed by atoms with Crippen molar-refractivity contribution in [3.8, 4) is 0 Å². The van der Waals surface area contributed by atoms with Gasteiger partial charge in [0.1, 0.15) is 5.15 Å². The third-order valence-corrected chi connectivity index (χ3v) is 4.15. The maximum Gasteiger partial charge on any atom is 0.256 e. The van der Waals surface area contributed by atoms with Gasteiger partial charge < -0.3 is 10.1 Å². The Balaban J connectivity index is 1.88. The van der Waals surface area contributed by atoms with E-state index in [4.69, 9.17) is 16.3 Å². The Kier molecular flexibility index (Phi) is 5.83. The van der Waals surface area contributed by atoms with Gasteiger partial charge in [-0.15, -0.1) is 0 Å². The summed E-state index contributed by atoms with van der Waals surface area (Å²) in [6.45, 7) is 10.2. The van der Waals surface area contributed by atoms with Crippen LogP contribution < -0.4 is 5.32 Å². The second-order valence-corrected chi connectivity index (χ2v) is 6.59. The summed E-state index contributed by atoms with van der Waals surface area (Å²) in [4.78, 5) is 14.7. The molecule has 1 aliphatic rings. The maximum atomic E-state index is 12.3. The van der Waals surface area contributed by atoms with Crippen LogP contribution in [0.5, 0.6) is 0 Å². The van der Waals surface area contributed by atoms with Crippen LogP contribution in [0.4, 0.5) is 0 Å². The molecule has 1 aromatic heterocycles. The highest BCUT2D eigenvalue weighted by molar-refractivity contribution is 6.33. The molecule has 0 bridgehead atoms. The van der Waals surface area contributed by atoms with Gasteiger partial charge >= 0.3 is 0 Å². The molecular formula is C15H25ClN4O2. The molecule has 1 aromatic rings. The van der Waals surface area contributed by atoms with Crippen molar-refractivity contribution in [2.45, 2.75) is 26.9 Å². The first-order valence-electron chi connectivity index (χ1n) is 7.69. The number of morpholine rings is 1. The minimum Gasteiger partial charge on any atom is -0.374 e. The van der Waals surface area contributed by atoms with Crippen molar-refractivity contribution in [1.82, 2.24) is 20.0 Å². The number of rotatable bonds is 5. The van der Waals surface area contributed by atoms with Gasteiger partial charge in [-0.25, -0.2) is 0 Å². The minimum absolute atomic E-state index is 0.0206. The number of carbonyl (C=O) groups is 1. The first-order chi connectivity index (χ1) is 10.4. The number of hydrogen-bond donors (Lipinski definition) is 1. The molecule has 1 atom stereocenters. The standard InChI is InChI=1S/C15H25ClN4O2/c1-10(2)8-20-5-6-22-12(9-20)7-17-15(21)13-11(3)18-19(4)14(13)16/h10,12H,5-9H2,1-4H3,(H,17,21)/t12-/m1/s1. The van der Waals surface area contributed by atoms with Crippen LogP contribution in [0.25, 0.3) is 0 Å². The first kappa shape index (κ1) is 17.2. The molecule has 1 N–H and O–H groups in total. The lowest BCUT2D eigenvalue weighted by atomic mass is 10.1. The SMILES string of the molecule is Cc1nn(C)c(Cl)c1C(=O)NC[C@@H]1CN(CC(C)C)CCO1. The summed E-state index contributed by atoms with van der Waals surface area (Å²) in [6, 6.07) is 0. The lowest BCUT2D eigenvalue weighted by molar-refractivity contribution is -0.0295.